The molecule has 1 fully saturated rings. The summed E-state index contributed by atoms with van der Waals surface area (Å²) < 4.78 is 10.4. The zero-order chi connectivity index (χ0) is 15.7. The van der Waals surface area contributed by atoms with Gasteiger partial charge in [-0.1, -0.05) is 12.2 Å². The summed E-state index contributed by atoms with van der Waals surface area (Å²) >= 11 is 0. The first-order chi connectivity index (χ1) is 9.86. The third-order valence-electron chi connectivity index (χ3n) is 3.67. The van der Waals surface area contributed by atoms with Crippen LogP contribution < -0.4 is 0 Å². The summed E-state index contributed by atoms with van der Waals surface area (Å²) in [5.74, 6) is 0. The summed E-state index contributed by atoms with van der Waals surface area (Å²) in [5, 5.41) is 66.7. The lowest BCUT2D eigenvalue weighted by Gasteiger charge is -2.42. The molecule has 0 spiro atoms. The molecule has 0 aromatic heterocycles. The monoisotopic (exact) mass is 308 g/mol. The Labute approximate surface area is 120 Å². The highest BCUT2D eigenvalue weighted by molar-refractivity contribution is 5.08. The molecule has 9 heteroatoms. The molecule has 0 bridgehead atoms. The van der Waals surface area contributed by atoms with E-state index in [1.54, 1.807) is 0 Å². The Bertz CT molecular complexity index is 374. The molecular formula is C12H20O9. The first kappa shape index (κ1) is 16.7. The van der Waals surface area contributed by atoms with Crippen LogP contribution in [0.3, 0.4) is 0 Å². The van der Waals surface area contributed by atoms with Crippen molar-refractivity contribution in [2.75, 3.05) is 6.61 Å². The minimum absolute atomic E-state index is 0.602. The number of aliphatic hydroxyl groups is 7. The Hall–Kier alpha value is -0.620. The van der Waals surface area contributed by atoms with Crippen molar-refractivity contribution in [1.82, 2.24) is 0 Å². The maximum Gasteiger partial charge on any atom is 0.187 e. The van der Waals surface area contributed by atoms with Gasteiger partial charge < -0.3 is 45.2 Å². The Kier molecular flexibility index (Phi) is 5.30. The van der Waals surface area contributed by atoms with Crippen LogP contribution in [0.1, 0.15) is 0 Å². The van der Waals surface area contributed by atoms with E-state index in [0.717, 1.165) is 0 Å². The summed E-state index contributed by atoms with van der Waals surface area (Å²) in [4.78, 5) is 0. The van der Waals surface area contributed by atoms with Gasteiger partial charge in [-0.2, -0.15) is 0 Å². The molecule has 0 saturated carbocycles. The second-order valence-corrected chi connectivity index (χ2v) is 5.15. The van der Waals surface area contributed by atoms with E-state index >= 15 is 0 Å². The van der Waals surface area contributed by atoms with E-state index in [9.17, 15) is 30.6 Å². The van der Waals surface area contributed by atoms with E-state index < -0.39 is 61.7 Å². The highest BCUT2D eigenvalue weighted by Gasteiger charge is 2.46. The average molecular weight is 308 g/mol. The van der Waals surface area contributed by atoms with Crippen LogP contribution >= 0.6 is 0 Å². The van der Waals surface area contributed by atoms with Crippen molar-refractivity contribution in [3.8, 4) is 0 Å². The molecule has 1 saturated heterocycles. The van der Waals surface area contributed by atoms with Crippen molar-refractivity contribution in [2.24, 2.45) is 0 Å². The molecule has 1 aliphatic heterocycles. The zero-order valence-corrected chi connectivity index (χ0v) is 11.0. The number of hydrogen-bond donors (Lipinski definition) is 7. The van der Waals surface area contributed by atoms with Gasteiger partial charge >= 0.3 is 0 Å². The van der Waals surface area contributed by atoms with Gasteiger partial charge in [-0.3, -0.25) is 0 Å². The summed E-state index contributed by atoms with van der Waals surface area (Å²) in [7, 11) is 0. The summed E-state index contributed by atoms with van der Waals surface area (Å²) in [6.07, 6.45) is -10.0. The van der Waals surface area contributed by atoms with E-state index in [1.165, 1.54) is 12.2 Å². The van der Waals surface area contributed by atoms with Gasteiger partial charge in [-0.05, 0) is 0 Å². The van der Waals surface area contributed by atoms with Crippen LogP contribution in [0.15, 0.2) is 12.2 Å². The molecule has 1 heterocycles. The van der Waals surface area contributed by atoms with Gasteiger partial charge in [-0.15, -0.1) is 0 Å². The first-order valence-electron chi connectivity index (χ1n) is 6.55. The van der Waals surface area contributed by atoms with Gasteiger partial charge in [0.05, 0.1) is 6.61 Å². The molecule has 122 valence electrons. The lowest BCUT2D eigenvalue weighted by molar-refractivity contribution is -0.315. The Morgan fingerprint density at radius 2 is 1.48 bits per heavy atom. The molecule has 0 aromatic rings. The van der Waals surface area contributed by atoms with Gasteiger partial charge in [0.1, 0.15) is 48.8 Å². The van der Waals surface area contributed by atoms with Gasteiger partial charge in [-0.25, -0.2) is 0 Å². The highest BCUT2D eigenvalue weighted by atomic mass is 16.7. The van der Waals surface area contributed by atoms with Crippen LogP contribution in [0.25, 0.3) is 0 Å². The average Bonchev–Trinajstić information content (AvgIpc) is 2.48. The van der Waals surface area contributed by atoms with Crippen molar-refractivity contribution >= 4 is 0 Å². The second-order valence-electron chi connectivity index (χ2n) is 5.15. The van der Waals surface area contributed by atoms with Crippen molar-refractivity contribution < 1.29 is 45.2 Å². The maximum absolute atomic E-state index is 9.80. The smallest absolute Gasteiger partial charge is 0.187 e. The number of ether oxygens (including phenoxy) is 2. The highest BCUT2D eigenvalue weighted by Crippen LogP contribution is 2.25. The lowest BCUT2D eigenvalue weighted by atomic mass is 9.95. The molecular weight excluding hydrogens is 288 g/mol. The van der Waals surface area contributed by atoms with Crippen molar-refractivity contribution in [2.45, 2.75) is 55.1 Å². The summed E-state index contributed by atoms with van der Waals surface area (Å²) in [5.41, 5.74) is 0. The predicted molar refractivity (Wildman–Crippen MR) is 65.8 cm³/mol. The summed E-state index contributed by atoms with van der Waals surface area (Å²) in [6, 6.07) is 0. The van der Waals surface area contributed by atoms with Crippen LogP contribution in [-0.2, 0) is 9.47 Å². The lowest BCUT2D eigenvalue weighted by Crippen LogP contribution is -2.60. The Morgan fingerprint density at radius 1 is 0.810 bits per heavy atom. The fraction of sp³-hybridized carbons (Fsp3) is 0.833. The minimum Gasteiger partial charge on any atom is -0.394 e. The van der Waals surface area contributed by atoms with Crippen LogP contribution in [-0.4, -0.2) is 97.5 Å². The van der Waals surface area contributed by atoms with E-state index in [2.05, 4.69) is 0 Å². The van der Waals surface area contributed by atoms with Gasteiger partial charge in [0.2, 0.25) is 0 Å². The largest absolute Gasteiger partial charge is 0.394 e. The minimum atomic E-state index is -1.60. The number of hydrogen-bond acceptors (Lipinski definition) is 9. The third-order valence-corrected chi connectivity index (χ3v) is 3.67. The SMILES string of the molecule is OC[C@H]1O[C@@H](O[C@@H]2C=C[C@H](O)[C@H](O)[C@H]2O)[C@H](O)[C@@H](O)[C@@H]1O. The fourth-order valence-corrected chi connectivity index (χ4v) is 2.31. The van der Waals surface area contributed by atoms with E-state index in [1.807, 2.05) is 0 Å². The quantitative estimate of drug-likeness (QED) is 0.257. The molecule has 21 heavy (non-hydrogen) atoms. The summed E-state index contributed by atoms with van der Waals surface area (Å²) in [6.45, 7) is -0.602. The molecule has 0 amide bonds. The molecule has 7 N–H and O–H groups in total. The Balaban J connectivity index is 2.06. The van der Waals surface area contributed by atoms with E-state index in [4.69, 9.17) is 14.6 Å². The predicted octanol–water partition coefficient (Wildman–Crippen LogP) is -4.18. The number of rotatable bonds is 3. The van der Waals surface area contributed by atoms with Gasteiger partial charge in [0, 0.05) is 0 Å². The van der Waals surface area contributed by atoms with Crippen LogP contribution in [0.2, 0.25) is 0 Å². The van der Waals surface area contributed by atoms with Gasteiger partial charge in [0.15, 0.2) is 6.29 Å². The Morgan fingerprint density at radius 3 is 2.10 bits per heavy atom. The topological polar surface area (TPSA) is 160 Å². The molecule has 1 aliphatic carbocycles. The van der Waals surface area contributed by atoms with Gasteiger partial charge in [0.25, 0.3) is 0 Å². The normalized spacial score (nSPS) is 51.1. The standard InChI is InChI=1S/C12H20O9/c13-3-6-9(17)10(18)11(19)12(21-6)20-5-2-1-4(14)7(15)8(5)16/h1-2,4-19H,3H2/t4-,5+,6+,7-,8-,9+,10-,11+,12+/m0/s1. The fourth-order valence-electron chi connectivity index (χ4n) is 2.31. The molecule has 0 radical (unpaired) electrons. The molecule has 0 aromatic carbocycles. The van der Waals surface area contributed by atoms with Crippen molar-refractivity contribution in [3.05, 3.63) is 12.2 Å². The maximum atomic E-state index is 9.80. The molecule has 2 rings (SSSR count). The van der Waals surface area contributed by atoms with Crippen LogP contribution in [0.5, 0.6) is 0 Å². The van der Waals surface area contributed by atoms with Crippen LogP contribution in [0, 0.1) is 0 Å². The van der Waals surface area contributed by atoms with Crippen molar-refractivity contribution in [1.29, 1.82) is 0 Å². The molecule has 9 atom stereocenters. The van der Waals surface area contributed by atoms with Crippen LogP contribution in [0.4, 0.5) is 0 Å². The third kappa shape index (κ3) is 3.26. The molecule has 2 aliphatic rings. The van der Waals surface area contributed by atoms with E-state index in [0.29, 0.717) is 0 Å². The van der Waals surface area contributed by atoms with Crippen molar-refractivity contribution in [3.63, 3.8) is 0 Å². The zero-order valence-electron chi connectivity index (χ0n) is 11.0. The first-order valence-corrected chi connectivity index (χ1v) is 6.55. The molecule has 9 nitrogen and oxygen atoms in total. The number of aliphatic hydroxyl groups excluding tert-OH is 7. The second kappa shape index (κ2) is 6.65. The molecule has 0 unspecified atom stereocenters. The van der Waals surface area contributed by atoms with E-state index in [-0.39, 0.29) is 0 Å².